The molecule has 6 heteroatoms. The molecule has 5 nitrogen and oxygen atoms in total. The van der Waals surface area contributed by atoms with Gasteiger partial charge in [0.1, 0.15) is 0 Å². The summed E-state index contributed by atoms with van der Waals surface area (Å²) in [6.45, 7) is 3.95. The van der Waals surface area contributed by atoms with Crippen LogP contribution in [-0.4, -0.2) is 23.1 Å². The Morgan fingerprint density at radius 2 is 2.24 bits per heavy atom. The fraction of sp³-hybridized carbons (Fsp3) is 0.273. The lowest BCUT2D eigenvalue weighted by molar-refractivity contribution is 0.0697. The van der Waals surface area contributed by atoms with Crippen LogP contribution in [-0.2, 0) is 0 Å². The number of carboxylic acid groups (broad SMARTS) is 1. The second kappa shape index (κ2) is 4.67. The van der Waals surface area contributed by atoms with Gasteiger partial charge in [0.05, 0.1) is 16.1 Å². The van der Waals surface area contributed by atoms with Crippen molar-refractivity contribution in [2.24, 2.45) is 4.99 Å². The fourth-order valence-corrected chi connectivity index (χ4v) is 2.09. The Kier molecular flexibility index (Phi) is 3.23. The number of carboxylic acids is 1. The average molecular weight is 251 g/mol. The van der Waals surface area contributed by atoms with Gasteiger partial charge in [0.2, 0.25) is 5.96 Å². The third kappa shape index (κ3) is 2.71. The van der Waals surface area contributed by atoms with Crippen molar-refractivity contribution in [3.05, 3.63) is 23.8 Å². The molecule has 17 heavy (non-hydrogen) atoms. The number of benzene rings is 1. The maximum atomic E-state index is 10.9. The molecule has 0 unspecified atom stereocenters. The Hall–Kier alpha value is -1.69. The van der Waals surface area contributed by atoms with E-state index in [0.717, 1.165) is 10.6 Å². The van der Waals surface area contributed by atoms with E-state index in [1.54, 1.807) is 18.2 Å². The highest BCUT2D eigenvalue weighted by molar-refractivity contribution is 7.98. The highest BCUT2D eigenvalue weighted by atomic mass is 32.2. The summed E-state index contributed by atoms with van der Waals surface area (Å²) in [5.74, 6) is -0.277. The predicted molar refractivity (Wildman–Crippen MR) is 68.6 cm³/mol. The van der Waals surface area contributed by atoms with E-state index in [4.69, 9.17) is 5.11 Å². The number of rotatable bonds is 2. The van der Waals surface area contributed by atoms with Crippen molar-refractivity contribution in [2.45, 2.75) is 24.8 Å². The Morgan fingerprint density at radius 3 is 2.88 bits per heavy atom. The van der Waals surface area contributed by atoms with Crippen LogP contribution >= 0.6 is 11.9 Å². The summed E-state index contributed by atoms with van der Waals surface area (Å²) in [6.07, 6.45) is 0. The van der Waals surface area contributed by atoms with Crippen LogP contribution in [0.15, 0.2) is 28.1 Å². The van der Waals surface area contributed by atoms with Gasteiger partial charge in [-0.1, -0.05) is 0 Å². The van der Waals surface area contributed by atoms with Crippen LogP contribution in [0.1, 0.15) is 24.2 Å². The van der Waals surface area contributed by atoms with Crippen LogP contribution < -0.4 is 10.0 Å². The minimum absolute atomic E-state index is 0.176. The Bertz CT molecular complexity index is 486. The van der Waals surface area contributed by atoms with Crippen molar-refractivity contribution in [3.63, 3.8) is 0 Å². The molecule has 1 aromatic rings. The molecule has 0 radical (unpaired) electrons. The summed E-state index contributed by atoms with van der Waals surface area (Å²) < 4.78 is 3.06. The topological polar surface area (TPSA) is 73.7 Å². The first-order valence-electron chi connectivity index (χ1n) is 5.21. The van der Waals surface area contributed by atoms with Crippen molar-refractivity contribution >= 4 is 29.6 Å². The predicted octanol–water partition coefficient (Wildman–Crippen LogP) is 2.17. The third-order valence-electron chi connectivity index (χ3n) is 2.12. The molecule has 0 fully saturated rings. The summed E-state index contributed by atoms with van der Waals surface area (Å²) in [5.41, 5.74) is 1.04. The quantitative estimate of drug-likeness (QED) is 0.702. The van der Waals surface area contributed by atoms with Crippen LogP contribution in [0.5, 0.6) is 0 Å². The van der Waals surface area contributed by atoms with Crippen molar-refractivity contribution in [3.8, 4) is 0 Å². The van der Waals surface area contributed by atoms with Gasteiger partial charge in [0.15, 0.2) is 0 Å². The number of carbonyl (C=O) groups is 1. The van der Waals surface area contributed by atoms with Crippen LogP contribution in [0.4, 0.5) is 5.69 Å². The molecule has 0 bridgehead atoms. The number of nitrogens with one attached hydrogen (secondary N) is 2. The standard InChI is InChI=1S/C11H13N3O2S/c1-6(2)12-11-13-8-5-7(10(15)16)3-4-9(8)17-14-11/h3-6H,1-2H3,(H,15,16)(H2,12,13,14). The number of hydrogen-bond donors (Lipinski definition) is 3. The number of fused-ring (bicyclic) bond motifs is 1. The van der Waals surface area contributed by atoms with Crippen molar-refractivity contribution in [1.82, 2.24) is 4.72 Å². The van der Waals surface area contributed by atoms with Gasteiger partial charge in [0, 0.05) is 6.04 Å². The zero-order valence-corrected chi connectivity index (χ0v) is 10.3. The number of nitrogens with zero attached hydrogens (tertiary/aromatic N) is 1. The number of anilines is 1. The van der Waals surface area contributed by atoms with Crippen LogP contribution in [0.25, 0.3) is 0 Å². The second-order valence-electron chi connectivity index (χ2n) is 3.92. The van der Waals surface area contributed by atoms with Crippen LogP contribution in [0.2, 0.25) is 0 Å². The molecule has 0 spiro atoms. The molecule has 1 aromatic carbocycles. The lowest BCUT2D eigenvalue weighted by Crippen LogP contribution is -2.30. The van der Waals surface area contributed by atoms with E-state index in [1.807, 2.05) is 13.8 Å². The largest absolute Gasteiger partial charge is 0.478 e. The smallest absolute Gasteiger partial charge is 0.335 e. The first-order valence-corrected chi connectivity index (χ1v) is 6.03. The molecule has 3 N–H and O–H groups in total. The van der Waals surface area contributed by atoms with Gasteiger partial charge in [-0.2, -0.15) is 0 Å². The SMILES string of the molecule is CC(C)N=C1NSc2ccc(C(=O)O)cc2N1. The fourth-order valence-electron chi connectivity index (χ4n) is 1.42. The summed E-state index contributed by atoms with van der Waals surface area (Å²) >= 11 is 1.42. The molecule has 0 aromatic heterocycles. The summed E-state index contributed by atoms with van der Waals surface area (Å²) in [4.78, 5) is 16.2. The Balaban J connectivity index is 2.29. The normalized spacial score (nSPS) is 16.3. The zero-order valence-electron chi connectivity index (χ0n) is 9.52. The van der Waals surface area contributed by atoms with Gasteiger partial charge >= 0.3 is 5.97 Å². The van der Waals surface area contributed by atoms with Gasteiger partial charge in [-0.05, 0) is 44.0 Å². The maximum Gasteiger partial charge on any atom is 0.335 e. The van der Waals surface area contributed by atoms with Crippen LogP contribution in [0.3, 0.4) is 0 Å². The van der Waals surface area contributed by atoms with Crippen molar-refractivity contribution in [1.29, 1.82) is 0 Å². The molecule has 1 aliphatic rings. The first-order chi connectivity index (χ1) is 8.06. The lowest BCUT2D eigenvalue weighted by atomic mass is 10.2. The number of hydrogen-bond acceptors (Lipinski definition) is 3. The average Bonchev–Trinajstić information content (AvgIpc) is 2.27. The first kappa shape index (κ1) is 11.8. The van der Waals surface area contributed by atoms with Crippen LogP contribution in [0, 0.1) is 0 Å². The van der Waals surface area contributed by atoms with E-state index in [9.17, 15) is 4.79 Å². The lowest BCUT2D eigenvalue weighted by Gasteiger charge is -2.21. The summed E-state index contributed by atoms with van der Waals surface area (Å²) in [5, 5.41) is 12.0. The molecule has 0 saturated carbocycles. The van der Waals surface area contributed by atoms with E-state index in [-0.39, 0.29) is 11.6 Å². The van der Waals surface area contributed by atoms with Gasteiger partial charge in [-0.3, -0.25) is 4.72 Å². The van der Waals surface area contributed by atoms with Gasteiger partial charge in [-0.15, -0.1) is 0 Å². The van der Waals surface area contributed by atoms with Gasteiger partial charge in [0.25, 0.3) is 0 Å². The van der Waals surface area contributed by atoms with E-state index in [0.29, 0.717) is 5.96 Å². The minimum Gasteiger partial charge on any atom is -0.478 e. The molecule has 0 atom stereocenters. The molecular weight excluding hydrogens is 238 g/mol. The number of aromatic carboxylic acids is 1. The zero-order chi connectivity index (χ0) is 12.4. The number of aliphatic imine (C=N–C) groups is 1. The maximum absolute atomic E-state index is 10.9. The highest BCUT2D eigenvalue weighted by Gasteiger charge is 2.15. The van der Waals surface area contributed by atoms with E-state index >= 15 is 0 Å². The minimum atomic E-state index is -0.930. The number of guanidine groups is 1. The monoisotopic (exact) mass is 251 g/mol. The third-order valence-corrected chi connectivity index (χ3v) is 3.00. The van der Waals surface area contributed by atoms with Gasteiger partial charge in [-0.25, -0.2) is 9.79 Å². The highest BCUT2D eigenvalue weighted by Crippen LogP contribution is 2.29. The Morgan fingerprint density at radius 1 is 1.47 bits per heavy atom. The molecule has 0 amide bonds. The molecule has 1 heterocycles. The summed E-state index contributed by atoms with van der Waals surface area (Å²) in [7, 11) is 0. The summed E-state index contributed by atoms with van der Waals surface area (Å²) in [6, 6.07) is 5.15. The van der Waals surface area contributed by atoms with Crippen molar-refractivity contribution in [2.75, 3.05) is 5.32 Å². The van der Waals surface area contributed by atoms with E-state index in [1.165, 1.54) is 11.9 Å². The molecule has 0 saturated heterocycles. The van der Waals surface area contributed by atoms with E-state index in [2.05, 4.69) is 15.0 Å². The second-order valence-corrected chi connectivity index (χ2v) is 4.76. The molecule has 90 valence electrons. The Labute approximate surface area is 103 Å². The molecule has 0 aliphatic carbocycles. The molecule has 2 rings (SSSR count). The van der Waals surface area contributed by atoms with E-state index < -0.39 is 5.97 Å². The van der Waals surface area contributed by atoms with Gasteiger partial charge < -0.3 is 10.4 Å². The molecule has 1 aliphatic heterocycles. The molecular formula is C11H13N3O2S. The van der Waals surface area contributed by atoms with Crippen molar-refractivity contribution < 1.29 is 9.90 Å².